The molecule has 2 aromatic rings. The molecule has 146 valence electrons. The Morgan fingerprint density at radius 3 is 2.70 bits per heavy atom. The Morgan fingerprint density at radius 1 is 1.26 bits per heavy atom. The fraction of sp³-hybridized carbons (Fsp3) is 0.412. The van der Waals surface area contributed by atoms with E-state index in [9.17, 15) is 9.59 Å². The van der Waals surface area contributed by atoms with Crippen molar-refractivity contribution < 1.29 is 23.8 Å². The smallest absolute Gasteiger partial charge is 0.315 e. The molecule has 0 radical (unpaired) electrons. The van der Waals surface area contributed by atoms with Gasteiger partial charge in [0.15, 0.2) is 5.01 Å². The standard InChI is InChI=1S/C17H21N3O5S2/c1-5-25-14(21)9-26-10(2)15(22)18-17-20-19-16(27-17)12-7-6-11(23-3)8-13(12)24-4/h6-8,10H,5,9H2,1-4H3,(H,18,20,22). The van der Waals surface area contributed by atoms with Gasteiger partial charge in [-0.15, -0.1) is 22.0 Å². The molecule has 8 nitrogen and oxygen atoms in total. The summed E-state index contributed by atoms with van der Waals surface area (Å²) >= 11 is 2.43. The third-order valence-electron chi connectivity index (χ3n) is 3.42. The summed E-state index contributed by atoms with van der Waals surface area (Å²) in [4.78, 5) is 23.6. The third-order valence-corrected chi connectivity index (χ3v) is 5.41. The Hall–Kier alpha value is -2.33. The molecule has 1 atom stereocenters. The fourth-order valence-corrected chi connectivity index (χ4v) is 3.49. The lowest BCUT2D eigenvalue weighted by Gasteiger charge is -2.09. The van der Waals surface area contributed by atoms with Gasteiger partial charge in [0.05, 0.1) is 37.4 Å². The normalized spacial score (nSPS) is 11.6. The summed E-state index contributed by atoms with van der Waals surface area (Å²) in [6.07, 6.45) is 0. The monoisotopic (exact) mass is 411 g/mol. The second-order valence-electron chi connectivity index (χ2n) is 5.23. The molecule has 0 bridgehead atoms. The summed E-state index contributed by atoms with van der Waals surface area (Å²) in [7, 11) is 3.14. The lowest BCUT2D eigenvalue weighted by atomic mass is 10.2. The van der Waals surface area contributed by atoms with Crippen LogP contribution in [0.5, 0.6) is 11.5 Å². The number of ether oxygens (including phenoxy) is 3. The zero-order valence-corrected chi connectivity index (χ0v) is 17.1. The molecule has 1 aromatic heterocycles. The number of nitrogens with zero attached hydrogens (tertiary/aromatic N) is 2. The molecule has 0 spiro atoms. The summed E-state index contributed by atoms with van der Waals surface area (Å²) in [6, 6.07) is 5.37. The zero-order valence-electron chi connectivity index (χ0n) is 15.5. The molecule has 0 saturated heterocycles. The number of methoxy groups -OCH3 is 2. The van der Waals surface area contributed by atoms with Gasteiger partial charge in [-0.1, -0.05) is 11.3 Å². The lowest BCUT2D eigenvalue weighted by molar-refractivity contribution is -0.139. The molecule has 0 fully saturated rings. The van der Waals surface area contributed by atoms with E-state index in [1.807, 2.05) is 6.07 Å². The number of benzene rings is 1. The van der Waals surface area contributed by atoms with Crippen molar-refractivity contribution in [2.75, 3.05) is 31.9 Å². The van der Waals surface area contributed by atoms with E-state index in [0.29, 0.717) is 28.2 Å². The van der Waals surface area contributed by atoms with Gasteiger partial charge < -0.3 is 14.2 Å². The van der Waals surface area contributed by atoms with Crippen LogP contribution in [0.3, 0.4) is 0 Å². The predicted octanol–water partition coefficient (Wildman–Crippen LogP) is 2.85. The molecule has 1 N–H and O–H groups in total. The van der Waals surface area contributed by atoms with Gasteiger partial charge in [-0.25, -0.2) is 0 Å². The number of hydrogen-bond acceptors (Lipinski definition) is 9. The molecule has 1 unspecified atom stereocenters. The van der Waals surface area contributed by atoms with Crippen LogP contribution >= 0.6 is 23.1 Å². The van der Waals surface area contributed by atoms with Crippen molar-refractivity contribution in [2.24, 2.45) is 0 Å². The number of thioether (sulfide) groups is 1. The number of rotatable bonds is 9. The molecule has 10 heteroatoms. The van der Waals surface area contributed by atoms with E-state index in [0.717, 1.165) is 5.56 Å². The highest BCUT2D eigenvalue weighted by Crippen LogP contribution is 2.36. The number of esters is 1. The molecular formula is C17H21N3O5S2. The highest BCUT2D eigenvalue weighted by molar-refractivity contribution is 8.01. The predicted molar refractivity (Wildman–Crippen MR) is 106 cm³/mol. The van der Waals surface area contributed by atoms with Crippen molar-refractivity contribution in [1.82, 2.24) is 10.2 Å². The van der Waals surface area contributed by atoms with Crippen molar-refractivity contribution in [1.29, 1.82) is 0 Å². The minimum absolute atomic E-state index is 0.118. The van der Waals surface area contributed by atoms with E-state index in [2.05, 4.69) is 15.5 Å². The first-order chi connectivity index (χ1) is 13.0. The number of hydrogen-bond donors (Lipinski definition) is 1. The summed E-state index contributed by atoms with van der Waals surface area (Å²) in [5, 5.41) is 11.4. The minimum atomic E-state index is -0.433. The van der Waals surface area contributed by atoms with Crippen LogP contribution < -0.4 is 14.8 Å². The van der Waals surface area contributed by atoms with Gasteiger partial charge in [-0.05, 0) is 26.0 Å². The van der Waals surface area contributed by atoms with Crippen LogP contribution in [-0.4, -0.2) is 53.9 Å². The highest BCUT2D eigenvalue weighted by atomic mass is 32.2. The molecule has 1 amide bonds. The van der Waals surface area contributed by atoms with Crippen LogP contribution in [-0.2, 0) is 14.3 Å². The van der Waals surface area contributed by atoms with Crippen molar-refractivity contribution in [3.8, 4) is 22.1 Å². The van der Waals surface area contributed by atoms with Crippen LogP contribution in [0.25, 0.3) is 10.6 Å². The van der Waals surface area contributed by atoms with Gasteiger partial charge in [-0.2, -0.15) is 0 Å². The van der Waals surface area contributed by atoms with Gasteiger partial charge in [0, 0.05) is 6.07 Å². The van der Waals surface area contributed by atoms with Crippen LogP contribution in [0.1, 0.15) is 13.8 Å². The van der Waals surface area contributed by atoms with Crippen molar-refractivity contribution in [3.05, 3.63) is 18.2 Å². The Morgan fingerprint density at radius 2 is 2.04 bits per heavy atom. The Bertz CT molecular complexity index is 797. The Balaban J connectivity index is 2.01. The van der Waals surface area contributed by atoms with E-state index in [1.165, 1.54) is 23.1 Å². The summed E-state index contributed by atoms with van der Waals surface area (Å²) in [6.45, 7) is 3.78. The first kappa shape index (κ1) is 21.0. The van der Waals surface area contributed by atoms with Crippen LogP contribution in [0.4, 0.5) is 5.13 Å². The number of carbonyl (C=O) groups is 2. The third kappa shape index (κ3) is 5.83. The maximum absolute atomic E-state index is 12.2. The van der Waals surface area contributed by atoms with Gasteiger partial charge in [-0.3, -0.25) is 14.9 Å². The molecule has 1 aromatic carbocycles. The van der Waals surface area contributed by atoms with Gasteiger partial charge >= 0.3 is 5.97 Å². The average Bonchev–Trinajstić information content (AvgIpc) is 3.13. The first-order valence-electron chi connectivity index (χ1n) is 8.12. The fourth-order valence-electron chi connectivity index (χ4n) is 2.04. The van der Waals surface area contributed by atoms with Crippen LogP contribution in [0, 0.1) is 0 Å². The second kappa shape index (κ2) is 10.1. The lowest BCUT2D eigenvalue weighted by Crippen LogP contribution is -2.24. The van der Waals surface area contributed by atoms with E-state index in [1.54, 1.807) is 40.2 Å². The number of aromatic nitrogens is 2. The molecular weight excluding hydrogens is 390 g/mol. The summed E-state index contributed by atoms with van der Waals surface area (Å²) < 4.78 is 15.4. The molecule has 0 saturated carbocycles. The molecule has 2 rings (SSSR count). The van der Waals surface area contributed by atoms with E-state index in [4.69, 9.17) is 14.2 Å². The highest BCUT2D eigenvalue weighted by Gasteiger charge is 2.19. The summed E-state index contributed by atoms with van der Waals surface area (Å²) in [5.41, 5.74) is 0.751. The molecule has 1 heterocycles. The largest absolute Gasteiger partial charge is 0.497 e. The van der Waals surface area contributed by atoms with Crippen molar-refractivity contribution in [3.63, 3.8) is 0 Å². The average molecular weight is 412 g/mol. The summed E-state index contributed by atoms with van der Waals surface area (Å²) in [5.74, 6) is 0.788. The molecule has 0 aliphatic heterocycles. The molecule has 0 aliphatic rings. The zero-order chi connectivity index (χ0) is 19.8. The van der Waals surface area contributed by atoms with Crippen molar-refractivity contribution >= 4 is 40.1 Å². The Labute approximate surface area is 165 Å². The molecule has 0 aliphatic carbocycles. The number of carbonyl (C=O) groups excluding carboxylic acids is 2. The van der Waals surface area contributed by atoms with E-state index >= 15 is 0 Å². The van der Waals surface area contributed by atoms with Crippen LogP contribution in [0.15, 0.2) is 18.2 Å². The van der Waals surface area contributed by atoms with Crippen LogP contribution in [0.2, 0.25) is 0 Å². The first-order valence-corrected chi connectivity index (χ1v) is 9.99. The quantitative estimate of drug-likeness (QED) is 0.629. The Kier molecular flexibility index (Phi) is 7.86. The topological polar surface area (TPSA) is 99.6 Å². The van der Waals surface area contributed by atoms with Gasteiger partial charge in [0.25, 0.3) is 0 Å². The SMILES string of the molecule is CCOC(=O)CSC(C)C(=O)Nc1nnc(-c2ccc(OC)cc2OC)s1. The number of nitrogens with one attached hydrogen (secondary N) is 1. The maximum Gasteiger partial charge on any atom is 0.315 e. The second-order valence-corrected chi connectivity index (χ2v) is 7.53. The molecule has 27 heavy (non-hydrogen) atoms. The van der Waals surface area contributed by atoms with Gasteiger partial charge in [0.1, 0.15) is 11.5 Å². The number of amides is 1. The maximum atomic E-state index is 12.2. The van der Waals surface area contributed by atoms with Gasteiger partial charge in [0.2, 0.25) is 11.0 Å². The minimum Gasteiger partial charge on any atom is -0.497 e. The van der Waals surface area contributed by atoms with E-state index in [-0.39, 0.29) is 17.6 Å². The van der Waals surface area contributed by atoms with Crippen molar-refractivity contribution in [2.45, 2.75) is 19.1 Å². The van der Waals surface area contributed by atoms with E-state index < -0.39 is 5.25 Å². The number of anilines is 1.